The van der Waals surface area contributed by atoms with Crippen molar-refractivity contribution in [1.29, 1.82) is 0 Å². The fourth-order valence-corrected chi connectivity index (χ4v) is 3.09. The van der Waals surface area contributed by atoms with Gasteiger partial charge in [0.2, 0.25) is 0 Å². The number of carbonyl (C=O) groups is 1. The maximum absolute atomic E-state index is 14.0. The average Bonchev–Trinajstić information content (AvgIpc) is 3.03. The van der Waals surface area contributed by atoms with Gasteiger partial charge in [-0.1, -0.05) is 0 Å². The number of aryl methyl sites for hydroxylation is 1. The molecule has 0 bridgehead atoms. The summed E-state index contributed by atoms with van der Waals surface area (Å²) in [7, 11) is 3.27. The van der Waals surface area contributed by atoms with E-state index in [9.17, 15) is 9.18 Å². The first-order valence-electron chi connectivity index (χ1n) is 7.78. The number of likely N-dealkylation sites (tertiary alicyclic amines) is 1. The van der Waals surface area contributed by atoms with Crippen LogP contribution in [0.5, 0.6) is 5.75 Å². The summed E-state index contributed by atoms with van der Waals surface area (Å²) >= 11 is 0. The van der Waals surface area contributed by atoms with E-state index in [-0.39, 0.29) is 28.8 Å². The van der Waals surface area contributed by atoms with Gasteiger partial charge in [-0.05, 0) is 25.0 Å². The molecule has 1 aliphatic rings. The van der Waals surface area contributed by atoms with Gasteiger partial charge < -0.3 is 19.9 Å². The van der Waals surface area contributed by atoms with Gasteiger partial charge in [0.25, 0.3) is 5.91 Å². The van der Waals surface area contributed by atoms with Gasteiger partial charge in [0.15, 0.2) is 11.6 Å². The SMILES string of the molecule is COc1ccc(C(=O)N2CCC(c3nncn3C)CC2)c(N)c1F. The zero-order valence-corrected chi connectivity index (χ0v) is 13.7. The molecular weight excluding hydrogens is 313 g/mol. The van der Waals surface area contributed by atoms with Gasteiger partial charge in [0.05, 0.1) is 18.4 Å². The number of nitrogens with zero attached hydrogens (tertiary/aromatic N) is 4. The molecule has 2 heterocycles. The van der Waals surface area contributed by atoms with E-state index in [1.165, 1.54) is 19.2 Å². The number of methoxy groups -OCH3 is 1. The lowest BCUT2D eigenvalue weighted by Gasteiger charge is -2.31. The van der Waals surface area contributed by atoms with Gasteiger partial charge in [-0.25, -0.2) is 4.39 Å². The highest BCUT2D eigenvalue weighted by atomic mass is 19.1. The Labute approximate surface area is 139 Å². The number of piperidine rings is 1. The molecule has 8 heteroatoms. The van der Waals surface area contributed by atoms with Crippen LogP contribution in [0.1, 0.15) is 34.9 Å². The van der Waals surface area contributed by atoms with Crippen LogP contribution in [0.4, 0.5) is 10.1 Å². The highest BCUT2D eigenvalue weighted by Crippen LogP contribution is 2.30. The normalized spacial score (nSPS) is 15.5. The van der Waals surface area contributed by atoms with E-state index in [0.29, 0.717) is 13.1 Å². The second-order valence-electron chi connectivity index (χ2n) is 5.91. The van der Waals surface area contributed by atoms with Crippen LogP contribution < -0.4 is 10.5 Å². The molecule has 1 aliphatic heterocycles. The molecular formula is C16H20FN5O2. The van der Waals surface area contributed by atoms with Crippen molar-refractivity contribution in [1.82, 2.24) is 19.7 Å². The minimum atomic E-state index is -0.697. The summed E-state index contributed by atoms with van der Waals surface area (Å²) in [6, 6.07) is 2.93. The van der Waals surface area contributed by atoms with Crippen molar-refractivity contribution < 1.29 is 13.9 Å². The quantitative estimate of drug-likeness (QED) is 0.862. The number of hydrogen-bond donors (Lipinski definition) is 1. The average molecular weight is 333 g/mol. The number of ether oxygens (including phenoxy) is 1. The molecule has 2 N–H and O–H groups in total. The molecule has 1 fully saturated rings. The number of rotatable bonds is 3. The monoisotopic (exact) mass is 333 g/mol. The Morgan fingerprint density at radius 1 is 1.38 bits per heavy atom. The molecule has 3 rings (SSSR count). The maximum Gasteiger partial charge on any atom is 0.256 e. The van der Waals surface area contributed by atoms with Gasteiger partial charge in [0.1, 0.15) is 12.2 Å². The van der Waals surface area contributed by atoms with Crippen molar-refractivity contribution in [3.05, 3.63) is 35.7 Å². The Balaban J connectivity index is 1.72. The van der Waals surface area contributed by atoms with Crippen molar-refractivity contribution in [2.75, 3.05) is 25.9 Å². The fraction of sp³-hybridized carbons (Fsp3) is 0.438. The number of hydrogen-bond acceptors (Lipinski definition) is 5. The largest absolute Gasteiger partial charge is 0.494 e. The van der Waals surface area contributed by atoms with Crippen molar-refractivity contribution in [2.45, 2.75) is 18.8 Å². The van der Waals surface area contributed by atoms with E-state index >= 15 is 0 Å². The Morgan fingerprint density at radius 3 is 2.67 bits per heavy atom. The first-order chi connectivity index (χ1) is 11.5. The molecule has 128 valence electrons. The predicted molar refractivity (Wildman–Crippen MR) is 86.2 cm³/mol. The molecule has 1 saturated heterocycles. The lowest BCUT2D eigenvalue weighted by Crippen LogP contribution is -2.38. The number of halogens is 1. The standard InChI is InChI=1S/C16H20FN5O2/c1-21-9-19-20-15(21)10-5-7-22(8-6-10)16(23)11-3-4-12(24-2)13(17)14(11)18/h3-4,9-10H,5-8,18H2,1-2H3. The van der Waals surface area contributed by atoms with E-state index < -0.39 is 5.82 Å². The number of anilines is 1. The minimum absolute atomic E-state index is 0.0324. The predicted octanol–water partition coefficient (Wildman–Crippen LogP) is 1.56. The zero-order chi connectivity index (χ0) is 17.3. The van der Waals surface area contributed by atoms with Gasteiger partial charge >= 0.3 is 0 Å². The van der Waals surface area contributed by atoms with Crippen LogP contribution in [-0.4, -0.2) is 45.8 Å². The van der Waals surface area contributed by atoms with Crippen LogP contribution >= 0.6 is 0 Å². The van der Waals surface area contributed by atoms with Crippen LogP contribution in [0, 0.1) is 5.82 Å². The van der Waals surface area contributed by atoms with E-state index in [1.54, 1.807) is 11.2 Å². The Bertz CT molecular complexity index is 753. The summed E-state index contributed by atoms with van der Waals surface area (Å²) in [5.41, 5.74) is 5.77. The number of nitrogens with two attached hydrogens (primary N) is 1. The fourth-order valence-electron chi connectivity index (χ4n) is 3.09. The third kappa shape index (κ3) is 2.79. The van der Waals surface area contributed by atoms with Crippen LogP contribution in [-0.2, 0) is 7.05 Å². The number of nitrogen functional groups attached to an aromatic ring is 1. The zero-order valence-electron chi connectivity index (χ0n) is 13.7. The Morgan fingerprint density at radius 2 is 2.08 bits per heavy atom. The van der Waals surface area contributed by atoms with Gasteiger partial charge in [-0.2, -0.15) is 0 Å². The number of carbonyl (C=O) groups excluding carboxylic acids is 1. The van der Waals surface area contributed by atoms with Crippen LogP contribution in [0.3, 0.4) is 0 Å². The first-order valence-corrected chi connectivity index (χ1v) is 7.78. The van der Waals surface area contributed by atoms with Crippen molar-refractivity contribution in [2.24, 2.45) is 7.05 Å². The highest BCUT2D eigenvalue weighted by molar-refractivity contribution is 5.99. The van der Waals surface area contributed by atoms with Crippen molar-refractivity contribution >= 4 is 11.6 Å². The molecule has 0 unspecified atom stereocenters. The molecule has 2 aromatic rings. The second-order valence-corrected chi connectivity index (χ2v) is 5.91. The third-order valence-corrected chi connectivity index (χ3v) is 4.49. The summed E-state index contributed by atoms with van der Waals surface area (Å²) in [6.45, 7) is 1.15. The molecule has 1 aromatic carbocycles. The summed E-state index contributed by atoms with van der Waals surface area (Å²) in [5.74, 6) is 0.274. The molecule has 0 aliphatic carbocycles. The van der Waals surface area contributed by atoms with E-state index in [1.807, 2.05) is 11.6 Å². The third-order valence-electron chi connectivity index (χ3n) is 4.49. The molecule has 0 saturated carbocycles. The molecule has 24 heavy (non-hydrogen) atoms. The van der Waals surface area contributed by atoms with Crippen LogP contribution in [0.25, 0.3) is 0 Å². The second kappa shape index (κ2) is 6.46. The molecule has 0 atom stereocenters. The van der Waals surface area contributed by atoms with Gasteiger partial charge in [0, 0.05) is 26.1 Å². The van der Waals surface area contributed by atoms with E-state index in [2.05, 4.69) is 10.2 Å². The molecule has 1 aromatic heterocycles. The van der Waals surface area contributed by atoms with Crippen LogP contribution in [0.15, 0.2) is 18.5 Å². The number of benzene rings is 1. The number of aromatic nitrogens is 3. The summed E-state index contributed by atoms with van der Waals surface area (Å²) in [5, 5.41) is 8.04. The lowest BCUT2D eigenvalue weighted by atomic mass is 9.95. The van der Waals surface area contributed by atoms with E-state index in [4.69, 9.17) is 10.5 Å². The Kier molecular flexibility index (Phi) is 4.37. The van der Waals surface area contributed by atoms with Crippen molar-refractivity contribution in [3.8, 4) is 5.75 Å². The minimum Gasteiger partial charge on any atom is -0.494 e. The number of amides is 1. The summed E-state index contributed by atoms with van der Waals surface area (Å²) in [6.07, 6.45) is 3.25. The molecule has 7 nitrogen and oxygen atoms in total. The summed E-state index contributed by atoms with van der Waals surface area (Å²) < 4.78 is 20.8. The van der Waals surface area contributed by atoms with Gasteiger partial charge in [-0.3, -0.25) is 4.79 Å². The molecule has 0 spiro atoms. The van der Waals surface area contributed by atoms with Crippen LogP contribution in [0.2, 0.25) is 0 Å². The maximum atomic E-state index is 14.0. The Hall–Kier alpha value is -2.64. The van der Waals surface area contributed by atoms with Gasteiger partial charge in [-0.15, -0.1) is 10.2 Å². The lowest BCUT2D eigenvalue weighted by molar-refractivity contribution is 0.0711. The summed E-state index contributed by atoms with van der Waals surface area (Å²) in [4.78, 5) is 14.3. The molecule has 1 amide bonds. The first kappa shape index (κ1) is 16.2. The topological polar surface area (TPSA) is 86.3 Å². The highest BCUT2D eigenvalue weighted by Gasteiger charge is 2.28. The van der Waals surface area contributed by atoms with E-state index in [0.717, 1.165) is 18.7 Å². The van der Waals surface area contributed by atoms with Crippen molar-refractivity contribution in [3.63, 3.8) is 0 Å². The molecule has 0 radical (unpaired) electrons. The smallest absolute Gasteiger partial charge is 0.256 e.